The van der Waals surface area contributed by atoms with Crippen molar-refractivity contribution in [3.05, 3.63) is 34.4 Å². The lowest BCUT2D eigenvalue weighted by Crippen LogP contribution is -2.50. The summed E-state index contributed by atoms with van der Waals surface area (Å²) in [6, 6.07) is 0. The number of carbonyl (C=O) groups excluding carboxylic acids is 1. The molecule has 7 heteroatoms. The highest BCUT2D eigenvalue weighted by molar-refractivity contribution is 5.93. The maximum absolute atomic E-state index is 12.5. The molecule has 2 heterocycles. The van der Waals surface area contributed by atoms with E-state index in [0.717, 1.165) is 24.8 Å². The molecule has 7 nitrogen and oxygen atoms in total. The first-order chi connectivity index (χ1) is 11.6. The van der Waals surface area contributed by atoms with Gasteiger partial charge in [-0.1, -0.05) is 6.08 Å². The summed E-state index contributed by atoms with van der Waals surface area (Å²) in [5.74, 6) is 0.530. The van der Waals surface area contributed by atoms with Crippen molar-refractivity contribution < 1.29 is 9.53 Å². The van der Waals surface area contributed by atoms with E-state index in [4.69, 9.17) is 4.74 Å². The van der Waals surface area contributed by atoms with Gasteiger partial charge in [0.2, 0.25) is 5.91 Å². The van der Waals surface area contributed by atoms with Crippen molar-refractivity contribution in [1.82, 2.24) is 14.5 Å². The van der Waals surface area contributed by atoms with Crippen LogP contribution in [-0.2, 0) is 16.6 Å². The first-order valence-electron chi connectivity index (χ1n) is 8.39. The zero-order chi connectivity index (χ0) is 17.1. The van der Waals surface area contributed by atoms with Gasteiger partial charge < -0.3 is 19.1 Å². The fourth-order valence-electron chi connectivity index (χ4n) is 3.22. The molecule has 0 aromatic carbocycles. The summed E-state index contributed by atoms with van der Waals surface area (Å²) in [4.78, 5) is 32.5. The van der Waals surface area contributed by atoms with E-state index < -0.39 is 0 Å². The molecule has 1 saturated heterocycles. The standard InChI is InChI=1S/C17H24N4O3/c1-19-8-7-18-15(17(19)23)20(2)11-14-12-21(9-10-24-14)16(22)13-5-3-4-6-13/h5,7-8,14H,3-4,6,9-12H2,1-2H3/t14-/m1/s1. The number of hydrogen-bond donors (Lipinski definition) is 0. The van der Waals surface area contributed by atoms with Crippen molar-refractivity contribution in [1.29, 1.82) is 0 Å². The molecular formula is C17H24N4O3. The number of aryl methyl sites for hydroxylation is 1. The smallest absolute Gasteiger partial charge is 0.293 e. The minimum atomic E-state index is -0.139. The minimum absolute atomic E-state index is 0.124. The van der Waals surface area contributed by atoms with Gasteiger partial charge in [-0.25, -0.2) is 4.98 Å². The van der Waals surface area contributed by atoms with Crippen molar-refractivity contribution >= 4 is 11.7 Å². The van der Waals surface area contributed by atoms with Crippen LogP contribution in [-0.4, -0.2) is 59.8 Å². The van der Waals surface area contributed by atoms with E-state index in [1.54, 1.807) is 24.3 Å². The van der Waals surface area contributed by atoms with Crippen molar-refractivity contribution in [3.63, 3.8) is 0 Å². The number of ether oxygens (including phenoxy) is 1. The molecule has 0 radical (unpaired) electrons. The van der Waals surface area contributed by atoms with Gasteiger partial charge in [-0.15, -0.1) is 0 Å². The lowest BCUT2D eigenvalue weighted by molar-refractivity contribution is -0.134. The van der Waals surface area contributed by atoms with Gasteiger partial charge in [0.25, 0.3) is 5.56 Å². The lowest BCUT2D eigenvalue weighted by Gasteiger charge is -2.35. The Morgan fingerprint density at radius 3 is 3.08 bits per heavy atom. The summed E-state index contributed by atoms with van der Waals surface area (Å²) in [5.41, 5.74) is 0.794. The number of morpholine rings is 1. The maximum Gasteiger partial charge on any atom is 0.293 e. The van der Waals surface area contributed by atoms with Gasteiger partial charge in [0, 0.05) is 51.7 Å². The van der Waals surface area contributed by atoms with Gasteiger partial charge in [0.1, 0.15) is 0 Å². The van der Waals surface area contributed by atoms with Gasteiger partial charge in [-0.05, 0) is 19.3 Å². The van der Waals surface area contributed by atoms with Crippen LogP contribution in [0.5, 0.6) is 0 Å². The van der Waals surface area contributed by atoms with Crippen LogP contribution in [0.3, 0.4) is 0 Å². The normalized spacial score (nSPS) is 20.8. The molecular weight excluding hydrogens is 308 g/mol. The van der Waals surface area contributed by atoms with Gasteiger partial charge in [0.05, 0.1) is 12.7 Å². The van der Waals surface area contributed by atoms with Gasteiger partial charge >= 0.3 is 0 Å². The Bertz CT molecular complexity index is 697. The highest BCUT2D eigenvalue weighted by atomic mass is 16.5. The number of aromatic nitrogens is 2. The molecule has 1 aromatic rings. The molecule has 0 unspecified atom stereocenters. The second kappa shape index (κ2) is 7.17. The number of allylic oxidation sites excluding steroid dienone is 1. The molecule has 1 aliphatic heterocycles. The van der Waals surface area contributed by atoms with Crippen LogP contribution in [0.25, 0.3) is 0 Å². The Morgan fingerprint density at radius 1 is 1.50 bits per heavy atom. The first kappa shape index (κ1) is 16.7. The number of anilines is 1. The summed E-state index contributed by atoms with van der Waals surface area (Å²) in [7, 11) is 3.53. The van der Waals surface area contributed by atoms with Crippen molar-refractivity contribution in [2.45, 2.75) is 25.4 Å². The summed E-state index contributed by atoms with van der Waals surface area (Å²) in [6.45, 7) is 2.22. The molecule has 0 spiro atoms. The summed E-state index contributed by atoms with van der Waals surface area (Å²) in [6.07, 6.45) is 8.12. The van der Waals surface area contributed by atoms with Crippen LogP contribution in [0, 0.1) is 0 Å². The van der Waals surface area contributed by atoms with Crippen LogP contribution in [0.4, 0.5) is 5.82 Å². The molecule has 2 aliphatic rings. The van der Waals surface area contributed by atoms with Gasteiger partial charge in [0.15, 0.2) is 5.82 Å². The average Bonchev–Trinajstić information content (AvgIpc) is 3.11. The fraction of sp³-hybridized carbons (Fsp3) is 0.588. The van der Waals surface area contributed by atoms with Crippen LogP contribution < -0.4 is 10.5 Å². The topological polar surface area (TPSA) is 67.7 Å². The van der Waals surface area contributed by atoms with Crippen molar-refractivity contribution in [3.8, 4) is 0 Å². The molecule has 1 aliphatic carbocycles. The Hall–Kier alpha value is -2.15. The molecule has 1 fully saturated rings. The number of nitrogens with zero attached hydrogens (tertiary/aromatic N) is 4. The molecule has 0 bridgehead atoms. The number of hydrogen-bond acceptors (Lipinski definition) is 5. The fourth-order valence-corrected chi connectivity index (χ4v) is 3.22. The van der Waals surface area contributed by atoms with E-state index in [9.17, 15) is 9.59 Å². The molecule has 1 aromatic heterocycles. The lowest BCUT2D eigenvalue weighted by atomic mass is 10.1. The van der Waals surface area contributed by atoms with E-state index in [-0.39, 0.29) is 17.6 Å². The van der Waals surface area contributed by atoms with Crippen LogP contribution >= 0.6 is 0 Å². The third-order valence-electron chi connectivity index (χ3n) is 4.58. The van der Waals surface area contributed by atoms with Crippen LogP contribution in [0.15, 0.2) is 28.8 Å². The highest BCUT2D eigenvalue weighted by Gasteiger charge is 2.28. The summed E-state index contributed by atoms with van der Waals surface area (Å²) < 4.78 is 7.29. The summed E-state index contributed by atoms with van der Waals surface area (Å²) >= 11 is 0. The Balaban J connectivity index is 1.63. The molecule has 24 heavy (non-hydrogen) atoms. The SMILES string of the molecule is CN(C[C@@H]1CN(C(=O)C2=CCCC2)CCO1)c1nccn(C)c1=O. The first-order valence-corrected chi connectivity index (χ1v) is 8.39. The van der Waals surface area contributed by atoms with Gasteiger partial charge in [-0.3, -0.25) is 9.59 Å². The third-order valence-corrected chi connectivity index (χ3v) is 4.58. The minimum Gasteiger partial charge on any atom is -0.373 e. The monoisotopic (exact) mass is 332 g/mol. The van der Waals surface area contributed by atoms with Crippen LogP contribution in [0.1, 0.15) is 19.3 Å². The molecule has 3 rings (SSSR count). The summed E-state index contributed by atoms with van der Waals surface area (Å²) in [5, 5.41) is 0. The zero-order valence-electron chi connectivity index (χ0n) is 14.3. The van der Waals surface area contributed by atoms with Gasteiger partial charge in [-0.2, -0.15) is 0 Å². The number of carbonyl (C=O) groups is 1. The predicted octanol–water partition coefficient (Wildman–Crippen LogP) is 0.554. The average molecular weight is 332 g/mol. The van der Waals surface area contributed by atoms with E-state index in [2.05, 4.69) is 11.1 Å². The molecule has 0 saturated carbocycles. The van der Waals surface area contributed by atoms with E-state index in [0.29, 0.717) is 32.1 Å². The van der Waals surface area contributed by atoms with Crippen LogP contribution in [0.2, 0.25) is 0 Å². The third kappa shape index (κ3) is 3.51. The second-order valence-corrected chi connectivity index (χ2v) is 6.41. The molecule has 1 atom stereocenters. The number of rotatable bonds is 4. The van der Waals surface area contributed by atoms with E-state index in [1.807, 2.05) is 11.9 Å². The maximum atomic E-state index is 12.5. The Morgan fingerprint density at radius 2 is 2.33 bits per heavy atom. The molecule has 130 valence electrons. The van der Waals surface area contributed by atoms with E-state index >= 15 is 0 Å². The quantitative estimate of drug-likeness (QED) is 0.806. The Kier molecular flexibility index (Phi) is 4.99. The second-order valence-electron chi connectivity index (χ2n) is 6.41. The van der Waals surface area contributed by atoms with Crippen molar-refractivity contribution in [2.24, 2.45) is 7.05 Å². The highest BCUT2D eigenvalue weighted by Crippen LogP contribution is 2.21. The van der Waals surface area contributed by atoms with E-state index in [1.165, 1.54) is 4.57 Å². The molecule has 1 amide bonds. The van der Waals surface area contributed by atoms with Crippen molar-refractivity contribution in [2.75, 3.05) is 38.2 Å². The predicted molar refractivity (Wildman–Crippen MR) is 91.0 cm³/mol. The number of likely N-dealkylation sites (N-methyl/N-ethyl adjacent to an activating group) is 1. The Labute approximate surface area is 141 Å². The number of amides is 1. The molecule has 0 N–H and O–H groups in total. The largest absolute Gasteiger partial charge is 0.373 e. The zero-order valence-corrected chi connectivity index (χ0v) is 14.3.